The molecule has 4 nitrogen and oxygen atoms in total. The van der Waals surface area contributed by atoms with Gasteiger partial charge in [0.25, 0.3) is 0 Å². The third kappa shape index (κ3) is 3.19. The van der Waals surface area contributed by atoms with E-state index in [0.717, 1.165) is 18.7 Å². The van der Waals surface area contributed by atoms with Crippen molar-refractivity contribution in [2.24, 2.45) is 5.73 Å². The molecule has 1 aliphatic heterocycles. The zero-order valence-electron chi connectivity index (χ0n) is 12.2. The molecule has 1 atom stereocenters. The van der Waals surface area contributed by atoms with Crippen LogP contribution < -0.4 is 15.2 Å². The third-order valence-electron chi connectivity index (χ3n) is 3.73. The smallest absolute Gasteiger partial charge is 0.179 e. The zero-order valence-corrected chi connectivity index (χ0v) is 12.9. The second kappa shape index (κ2) is 7.16. The molecule has 0 amide bonds. The highest BCUT2D eigenvalue weighted by atomic mass is 35.5. The first-order chi connectivity index (χ1) is 9.71. The molecule has 1 fully saturated rings. The molecular weight excluding hydrogens is 276 g/mol. The maximum Gasteiger partial charge on any atom is 0.179 e. The van der Waals surface area contributed by atoms with Crippen molar-refractivity contribution in [3.05, 3.63) is 22.7 Å². The summed E-state index contributed by atoms with van der Waals surface area (Å²) in [7, 11) is 1.60. The molecule has 1 unspecified atom stereocenters. The van der Waals surface area contributed by atoms with Gasteiger partial charge in [-0.3, -0.25) is 4.90 Å². The third-order valence-corrected chi connectivity index (χ3v) is 4.01. The molecule has 0 aliphatic carbocycles. The number of rotatable bonds is 6. The minimum atomic E-state index is 0.195. The van der Waals surface area contributed by atoms with E-state index in [1.807, 2.05) is 19.1 Å². The largest absolute Gasteiger partial charge is 0.491 e. The summed E-state index contributed by atoms with van der Waals surface area (Å²) in [5, 5.41) is 0.575. The highest BCUT2D eigenvalue weighted by Crippen LogP contribution is 2.39. The van der Waals surface area contributed by atoms with Gasteiger partial charge in [0.05, 0.1) is 18.7 Å². The van der Waals surface area contributed by atoms with E-state index >= 15 is 0 Å². The van der Waals surface area contributed by atoms with Gasteiger partial charge in [0, 0.05) is 12.6 Å². The molecule has 1 saturated heterocycles. The number of likely N-dealkylation sites (tertiary alicyclic amines) is 1. The fraction of sp³-hybridized carbons (Fsp3) is 0.600. The molecule has 1 aliphatic rings. The summed E-state index contributed by atoms with van der Waals surface area (Å²) < 4.78 is 11.0. The first kappa shape index (κ1) is 15.4. The van der Waals surface area contributed by atoms with E-state index in [-0.39, 0.29) is 6.04 Å². The van der Waals surface area contributed by atoms with Gasteiger partial charge in [-0.1, -0.05) is 11.6 Å². The molecule has 1 aromatic rings. The zero-order chi connectivity index (χ0) is 14.5. The summed E-state index contributed by atoms with van der Waals surface area (Å²) in [6.45, 7) is 5.28. The minimum Gasteiger partial charge on any atom is -0.491 e. The monoisotopic (exact) mass is 298 g/mol. The Bertz CT molecular complexity index is 448. The number of hydrogen-bond donors (Lipinski definition) is 1. The second-order valence-corrected chi connectivity index (χ2v) is 5.37. The van der Waals surface area contributed by atoms with Crippen molar-refractivity contribution < 1.29 is 9.47 Å². The molecule has 2 rings (SSSR count). The molecule has 0 bridgehead atoms. The number of nitrogens with two attached hydrogens (primary N) is 1. The molecule has 2 N–H and O–H groups in total. The standard InChI is InChI=1S/C15H23ClN2O2/c1-3-20-14-9-11(8-12(16)15(14)19-2)13(10-17)18-6-4-5-7-18/h8-9,13H,3-7,10,17H2,1-2H3. The molecule has 1 aromatic carbocycles. The van der Waals surface area contributed by atoms with Crippen LogP contribution in [-0.2, 0) is 0 Å². The van der Waals surface area contributed by atoms with Crippen LogP contribution in [0.4, 0.5) is 0 Å². The van der Waals surface area contributed by atoms with E-state index in [0.29, 0.717) is 29.7 Å². The Balaban J connectivity index is 2.34. The quantitative estimate of drug-likeness (QED) is 0.877. The molecule has 1 heterocycles. The van der Waals surface area contributed by atoms with Crippen molar-refractivity contribution in [3.8, 4) is 11.5 Å². The fourth-order valence-corrected chi connectivity index (χ4v) is 3.09. The maximum absolute atomic E-state index is 6.31. The molecule has 5 heteroatoms. The average Bonchev–Trinajstić information content (AvgIpc) is 2.94. The van der Waals surface area contributed by atoms with Crippen LogP contribution in [0.3, 0.4) is 0 Å². The number of nitrogens with zero attached hydrogens (tertiary/aromatic N) is 1. The number of ether oxygens (including phenoxy) is 2. The highest BCUT2D eigenvalue weighted by molar-refractivity contribution is 6.32. The topological polar surface area (TPSA) is 47.7 Å². The van der Waals surface area contributed by atoms with Crippen molar-refractivity contribution in [1.82, 2.24) is 4.90 Å². The molecular formula is C15H23ClN2O2. The van der Waals surface area contributed by atoms with Gasteiger partial charge in [-0.25, -0.2) is 0 Å². The van der Waals surface area contributed by atoms with Crippen molar-refractivity contribution >= 4 is 11.6 Å². The number of methoxy groups -OCH3 is 1. The Labute approximate surface area is 125 Å². The molecule has 0 spiro atoms. The Morgan fingerprint density at radius 3 is 2.60 bits per heavy atom. The highest BCUT2D eigenvalue weighted by Gasteiger charge is 2.24. The molecule has 0 aromatic heterocycles. The van der Waals surface area contributed by atoms with Crippen molar-refractivity contribution in [2.75, 3.05) is 33.4 Å². The Morgan fingerprint density at radius 1 is 1.35 bits per heavy atom. The van der Waals surface area contributed by atoms with Gasteiger partial charge in [0.2, 0.25) is 0 Å². The van der Waals surface area contributed by atoms with Gasteiger partial charge >= 0.3 is 0 Å². The Morgan fingerprint density at radius 2 is 2.05 bits per heavy atom. The van der Waals surface area contributed by atoms with E-state index in [2.05, 4.69) is 4.90 Å². The predicted molar refractivity (Wildman–Crippen MR) is 81.8 cm³/mol. The van der Waals surface area contributed by atoms with E-state index in [1.165, 1.54) is 12.8 Å². The lowest BCUT2D eigenvalue weighted by Gasteiger charge is -2.27. The molecule has 20 heavy (non-hydrogen) atoms. The first-order valence-corrected chi connectivity index (χ1v) is 7.53. The first-order valence-electron chi connectivity index (χ1n) is 7.15. The fourth-order valence-electron chi connectivity index (χ4n) is 2.79. The summed E-state index contributed by atoms with van der Waals surface area (Å²) in [6.07, 6.45) is 2.47. The van der Waals surface area contributed by atoms with Crippen LogP contribution in [0, 0.1) is 0 Å². The average molecular weight is 299 g/mol. The van der Waals surface area contributed by atoms with Crippen LogP contribution in [0.15, 0.2) is 12.1 Å². The molecule has 112 valence electrons. The lowest BCUT2D eigenvalue weighted by Crippen LogP contribution is -2.31. The normalized spacial score (nSPS) is 17.2. The van der Waals surface area contributed by atoms with Crippen molar-refractivity contribution in [3.63, 3.8) is 0 Å². The van der Waals surface area contributed by atoms with Crippen LogP contribution in [-0.4, -0.2) is 38.3 Å². The van der Waals surface area contributed by atoms with E-state index < -0.39 is 0 Å². The molecule has 0 saturated carbocycles. The summed E-state index contributed by atoms with van der Waals surface area (Å²) >= 11 is 6.31. The summed E-state index contributed by atoms with van der Waals surface area (Å²) in [5.41, 5.74) is 7.07. The SMILES string of the molecule is CCOc1cc(C(CN)N2CCCC2)cc(Cl)c1OC. The predicted octanol–water partition coefficient (Wildman–Crippen LogP) is 2.84. The van der Waals surface area contributed by atoms with Crippen LogP contribution in [0.25, 0.3) is 0 Å². The molecule has 0 radical (unpaired) electrons. The summed E-state index contributed by atoms with van der Waals surface area (Å²) in [4.78, 5) is 2.41. The second-order valence-electron chi connectivity index (χ2n) is 4.96. The number of halogens is 1. The van der Waals surface area contributed by atoms with Crippen LogP contribution in [0.1, 0.15) is 31.4 Å². The minimum absolute atomic E-state index is 0.195. The van der Waals surface area contributed by atoms with Gasteiger partial charge in [-0.05, 0) is 50.6 Å². The number of hydrogen-bond acceptors (Lipinski definition) is 4. The van der Waals surface area contributed by atoms with Crippen molar-refractivity contribution in [2.45, 2.75) is 25.8 Å². The van der Waals surface area contributed by atoms with Crippen LogP contribution in [0.2, 0.25) is 5.02 Å². The van der Waals surface area contributed by atoms with Crippen LogP contribution in [0.5, 0.6) is 11.5 Å². The van der Waals surface area contributed by atoms with Gasteiger partial charge in [0.1, 0.15) is 0 Å². The van der Waals surface area contributed by atoms with Gasteiger partial charge in [-0.15, -0.1) is 0 Å². The van der Waals surface area contributed by atoms with Crippen LogP contribution >= 0.6 is 11.6 Å². The van der Waals surface area contributed by atoms with Gasteiger partial charge < -0.3 is 15.2 Å². The van der Waals surface area contributed by atoms with E-state index in [9.17, 15) is 0 Å². The Kier molecular flexibility index (Phi) is 5.52. The Hall–Kier alpha value is -0.970. The van der Waals surface area contributed by atoms with E-state index in [1.54, 1.807) is 7.11 Å². The number of benzene rings is 1. The van der Waals surface area contributed by atoms with Gasteiger partial charge in [0.15, 0.2) is 11.5 Å². The maximum atomic E-state index is 6.31. The lowest BCUT2D eigenvalue weighted by atomic mass is 10.0. The lowest BCUT2D eigenvalue weighted by molar-refractivity contribution is 0.249. The summed E-state index contributed by atoms with van der Waals surface area (Å²) in [5.74, 6) is 1.28. The van der Waals surface area contributed by atoms with E-state index in [4.69, 9.17) is 26.8 Å². The van der Waals surface area contributed by atoms with Gasteiger partial charge in [-0.2, -0.15) is 0 Å². The summed E-state index contributed by atoms with van der Waals surface area (Å²) in [6, 6.07) is 4.14. The van der Waals surface area contributed by atoms with Crippen molar-refractivity contribution in [1.29, 1.82) is 0 Å².